The Bertz CT molecular complexity index is 1490. The molecule has 3 aliphatic rings. The second kappa shape index (κ2) is 13.6. The van der Waals surface area contributed by atoms with E-state index in [0.717, 1.165) is 12.8 Å². The summed E-state index contributed by atoms with van der Waals surface area (Å²) in [7, 11) is 0.605. The number of rotatable bonds is 4. The zero-order valence-electron chi connectivity index (χ0n) is 22.7. The summed E-state index contributed by atoms with van der Waals surface area (Å²) in [4.78, 5) is 0. The van der Waals surface area contributed by atoms with Gasteiger partial charge in [0.05, 0.1) is 0 Å². The summed E-state index contributed by atoms with van der Waals surface area (Å²) in [6.07, 6.45) is 8.78. The van der Waals surface area contributed by atoms with Crippen molar-refractivity contribution in [3.8, 4) is 0 Å². The van der Waals surface area contributed by atoms with Gasteiger partial charge in [-0.3, -0.25) is 0 Å². The molecule has 0 spiro atoms. The van der Waals surface area contributed by atoms with E-state index in [-0.39, 0.29) is 24.8 Å². The second-order valence-corrected chi connectivity index (χ2v) is 18.0. The predicted octanol–water partition coefficient (Wildman–Crippen LogP) is 3.30. The fourth-order valence-electron chi connectivity index (χ4n) is 5.53. The van der Waals surface area contributed by atoms with Crippen LogP contribution in [0.2, 0.25) is 12.1 Å². The Kier molecular flexibility index (Phi) is 10.5. The number of hydrogen-bond donors (Lipinski definition) is 0. The molecule has 0 atom stereocenters. The van der Waals surface area contributed by atoms with Crippen molar-refractivity contribution >= 4 is 42.2 Å². The fraction of sp³-hybridized carbons (Fsp3) is 0.200. The van der Waals surface area contributed by atoms with Crippen molar-refractivity contribution in [1.82, 2.24) is 0 Å². The van der Waals surface area contributed by atoms with Gasteiger partial charge in [0.15, 0.2) is 0 Å². The molecular weight excluding hydrogens is 698 g/mol. The summed E-state index contributed by atoms with van der Waals surface area (Å²) < 4.78 is 3.53. The summed E-state index contributed by atoms with van der Waals surface area (Å²) in [5, 5.41) is 5.43. The predicted molar refractivity (Wildman–Crippen MR) is 161 cm³/mol. The van der Waals surface area contributed by atoms with Crippen LogP contribution >= 0.6 is 0 Å². The minimum absolute atomic E-state index is 0. The standard InChI is InChI=1S/2C16H13.C3H8Si.2ClH.Hf/c2*1-12-9-10-14(11-12)16-8-4-6-13-5-2-3-7-15(13)16;1-2-4-3-1;;;/h2*2-8,11H,10H2,1H3;1-4H2;2*1H;/q;;;;;+2/p-2. The zero-order chi connectivity index (χ0) is 25.2. The summed E-state index contributed by atoms with van der Waals surface area (Å²) in [5.74, 6) is 0. The molecule has 4 aromatic rings. The molecule has 0 radical (unpaired) electrons. The first kappa shape index (κ1) is 30.0. The molecule has 0 saturated carbocycles. The Morgan fingerprint density at radius 2 is 0.949 bits per heavy atom. The average Bonchev–Trinajstić information content (AvgIpc) is 3.44. The maximum Gasteiger partial charge on any atom is -1.00 e. The Morgan fingerprint density at radius 1 is 0.564 bits per heavy atom. The van der Waals surface area contributed by atoms with Gasteiger partial charge in [-0.05, 0) is 0 Å². The molecule has 1 aliphatic heterocycles. The summed E-state index contributed by atoms with van der Waals surface area (Å²) >= 11 is -1.06. The Balaban J connectivity index is 0.000000542. The maximum atomic E-state index is 2.47. The normalized spacial score (nSPS) is 15.9. The number of halogens is 2. The van der Waals surface area contributed by atoms with Crippen LogP contribution in [-0.2, 0) is 22.9 Å². The van der Waals surface area contributed by atoms with Gasteiger partial charge in [-0.15, -0.1) is 0 Å². The molecule has 7 rings (SSSR count). The first-order valence-electron chi connectivity index (χ1n) is 13.7. The number of allylic oxidation sites excluding steroid dienone is 8. The van der Waals surface area contributed by atoms with E-state index in [9.17, 15) is 0 Å². The SMILES string of the molecule is C1C[SiH2]C1.CC1=[C]([Hf+2][C]2=C(C)C=C(c3cccc4ccccc34)C2)CC(c2cccc3ccccc23)=C1.[Cl-].[Cl-]. The monoisotopic (exact) mass is 732 g/mol. The third kappa shape index (κ3) is 6.51. The van der Waals surface area contributed by atoms with E-state index < -0.39 is 22.9 Å². The molecule has 1 saturated heterocycles. The molecule has 2 aliphatic carbocycles. The van der Waals surface area contributed by atoms with Gasteiger partial charge in [0.25, 0.3) is 0 Å². The van der Waals surface area contributed by atoms with Crippen LogP contribution in [0.4, 0.5) is 0 Å². The number of benzene rings is 4. The van der Waals surface area contributed by atoms with E-state index in [1.807, 2.05) is 0 Å². The van der Waals surface area contributed by atoms with Crippen LogP contribution in [-0.4, -0.2) is 9.52 Å². The molecule has 0 N–H and O–H groups in total. The van der Waals surface area contributed by atoms with Gasteiger partial charge in [-0.25, -0.2) is 0 Å². The van der Waals surface area contributed by atoms with Crippen LogP contribution in [0.15, 0.2) is 115 Å². The number of hydrogen-bond acceptors (Lipinski definition) is 0. The van der Waals surface area contributed by atoms with Crippen molar-refractivity contribution in [1.29, 1.82) is 0 Å². The molecule has 0 aromatic heterocycles. The molecule has 0 nitrogen and oxygen atoms in total. The van der Waals surface area contributed by atoms with Crippen LogP contribution in [0, 0.1) is 0 Å². The quantitative estimate of drug-likeness (QED) is 0.283. The maximum absolute atomic E-state index is 2.47. The third-order valence-electron chi connectivity index (χ3n) is 8.04. The molecular formula is C35H34Cl2HfSi. The number of fused-ring (bicyclic) bond motifs is 2. The largest absolute Gasteiger partial charge is 1.00 e. The summed E-state index contributed by atoms with van der Waals surface area (Å²) in [6.45, 7) is 4.68. The Morgan fingerprint density at radius 3 is 1.36 bits per heavy atom. The van der Waals surface area contributed by atoms with Crippen LogP contribution < -0.4 is 24.8 Å². The third-order valence-corrected chi connectivity index (χ3v) is 16.3. The van der Waals surface area contributed by atoms with Crippen molar-refractivity contribution in [2.75, 3.05) is 0 Å². The first-order valence-corrected chi connectivity index (χ1v) is 19.3. The van der Waals surface area contributed by atoms with Gasteiger partial charge < -0.3 is 24.8 Å². The van der Waals surface area contributed by atoms with Gasteiger partial charge in [0.1, 0.15) is 0 Å². The summed E-state index contributed by atoms with van der Waals surface area (Å²) in [5.41, 5.74) is 8.89. The van der Waals surface area contributed by atoms with Gasteiger partial charge in [-0.2, -0.15) is 0 Å². The topological polar surface area (TPSA) is 0 Å². The molecule has 39 heavy (non-hydrogen) atoms. The van der Waals surface area contributed by atoms with E-state index in [4.69, 9.17) is 0 Å². The summed E-state index contributed by atoms with van der Waals surface area (Å²) in [6, 6.07) is 34.3. The van der Waals surface area contributed by atoms with E-state index in [2.05, 4.69) is 111 Å². The van der Waals surface area contributed by atoms with Crippen molar-refractivity contribution in [3.05, 3.63) is 126 Å². The average molecular weight is 732 g/mol. The van der Waals surface area contributed by atoms with Gasteiger partial charge in [0.2, 0.25) is 0 Å². The van der Waals surface area contributed by atoms with Crippen molar-refractivity contribution in [3.63, 3.8) is 0 Å². The first-order chi connectivity index (χ1) is 18.2. The van der Waals surface area contributed by atoms with Crippen molar-refractivity contribution in [2.24, 2.45) is 0 Å². The molecule has 4 heteroatoms. The van der Waals surface area contributed by atoms with E-state index in [1.54, 1.807) is 25.2 Å². The van der Waals surface area contributed by atoms with E-state index in [1.165, 1.54) is 55.0 Å². The molecule has 0 bridgehead atoms. The smallest absolute Gasteiger partial charge is 1.00 e. The van der Waals surface area contributed by atoms with E-state index >= 15 is 0 Å². The van der Waals surface area contributed by atoms with Crippen LogP contribution in [0.1, 0.15) is 44.2 Å². The zero-order valence-corrected chi connectivity index (χ0v) is 29.3. The fourth-order valence-corrected chi connectivity index (χ4v) is 11.3. The van der Waals surface area contributed by atoms with Crippen molar-refractivity contribution in [2.45, 2.75) is 45.2 Å². The molecule has 196 valence electrons. The molecule has 4 aromatic carbocycles. The molecule has 1 fully saturated rings. The minimum Gasteiger partial charge on any atom is -1.00 e. The minimum atomic E-state index is -1.06. The van der Waals surface area contributed by atoms with Gasteiger partial charge in [-0.1, -0.05) is 18.5 Å². The molecule has 0 unspecified atom stereocenters. The molecule has 0 amide bonds. The van der Waals surface area contributed by atoms with Crippen LogP contribution in [0.5, 0.6) is 0 Å². The van der Waals surface area contributed by atoms with E-state index in [0.29, 0.717) is 9.52 Å². The van der Waals surface area contributed by atoms with Gasteiger partial charge in [0, 0.05) is 9.52 Å². The van der Waals surface area contributed by atoms with Crippen molar-refractivity contribution < 1.29 is 47.7 Å². The van der Waals surface area contributed by atoms with Crippen LogP contribution in [0.25, 0.3) is 32.7 Å². The Labute approximate surface area is 259 Å². The Hall–Kier alpha value is -1.97. The van der Waals surface area contributed by atoms with Gasteiger partial charge >= 0.3 is 208 Å². The van der Waals surface area contributed by atoms with Crippen LogP contribution in [0.3, 0.4) is 0 Å². The second-order valence-electron chi connectivity index (χ2n) is 10.6. The molecule has 1 heterocycles.